The van der Waals surface area contributed by atoms with Crippen molar-refractivity contribution >= 4 is 11.8 Å². The van der Waals surface area contributed by atoms with Crippen LogP contribution in [0.15, 0.2) is 24.3 Å². The molecule has 0 spiro atoms. The van der Waals surface area contributed by atoms with Gasteiger partial charge in [0.2, 0.25) is 11.8 Å². The minimum absolute atomic E-state index is 0.0455. The standard InChI is InChI=1S/C16H22N2O2/c1-3-17-15(19)11(2)18-16(20)14-10-6-8-12-7-4-5-9-13(12)14/h4-5,7,9,11,14H,3,6,8,10H2,1-2H3,(H,17,19)(H,18,20). The van der Waals surface area contributed by atoms with E-state index in [2.05, 4.69) is 16.7 Å². The van der Waals surface area contributed by atoms with Crippen LogP contribution < -0.4 is 10.6 Å². The molecule has 0 radical (unpaired) electrons. The van der Waals surface area contributed by atoms with Crippen LogP contribution in [0.4, 0.5) is 0 Å². The Balaban J connectivity index is 2.05. The summed E-state index contributed by atoms with van der Waals surface area (Å²) in [5.41, 5.74) is 2.36. The largest absolute Gasteiger partial charge is 0.355 e. The number of hydrogen-bond donors (Lipinski definition) is 2. The van der Waals surface area contributed by atoms with Crippen LogP contribution in [0.3, 0.4) is 0 Å². The molecule has 2 amide bonds. The van der Waals surface area contributed by atoms with Gasteiger partial charge in [-0.05, 0) is 44.2 Å². The topological polar surface area (TPSA) is 58.2 Å². The molecule has 2 unspecified atom stereocenters. The Morgan fingerprint density at radius 3 is 2.85 bits per heavy atom. The molecule has 20 heavy (non-hydrogen) atoms. The number of hydrogen-bond acceptors (Lipinski definition) is 2. The van der Waals surface area contributed by atoms with E-state index in [1.165, 1.54) is 5.56 Å². The minimum Gasteiger partial charge on any atom is -0.355 e. The lowest BCUT2D eigenvalue weighted by molar-refractivity contribution is -0.129. The Bertz CT molecular complexity index is 499. The number of carbonyl (C=O) groups excluding carboxylic acids is 2. The summed E-state index contributed by atoms with van der Waals surface area (Å²) in [5, 5.41) is 5.54. The number of nitrogens with one attached hydrogen (secondary N) is 2. The van der Waals surface area contributed by atoms with Crippen molar-refractivity contribution in [2.75, 3.05) is 6.54 Å². The first kappa shape index (κ1) is 14.6. The maximum absolute atomic E-state index is 12.4. The lowest BCUT2D eigenvalue weighted by atomic mass is 9.82. The molecular formula is C16H22N2O2. The number of amides is 2. The maximum atomic E-state index is 12.4. The fourth-order valence-corrected chi connectivity index (χ4v) is 2.73. The van der Waals surface area contributed by atoms with Gasteiger partial charge in [0, 0.05) is 6.54 Å². The van der Waals surface area contributed by atoms with Crippen molar-refractivity contribution in [3.63, 3.8) is 0 Å². The fourth-order valence-electron chi connectivity index (χ4n) is 2.73. The van der Waals surface area contributed by atoms with Crippen LogP contribution in [-0.4, -0.2) is 24.4 Å². The van der Waals surface area contributed by atoms with E-state index in [1.54, 1.807) is 6.92 Å². The molecule has 1 aromatic rings. The van der Waals surface area contributed by atoms with Crippen molar-refractivity contribution in [2.45, 2.75) is 45.1 Å². The van der Waals surface area contributed by atoms with Gasteiger partial charge in [-0.1, -0.05) is 24.3 Å². The SMILES string of the molecule is CCNC(=O)C(C)NC(=O)C1CCCc2ccccc21. The van der Waals surface area contributed by atoms with Crippen LogP contribution >= 0.6 is 0 Å². The molecule has 4 nitrogen and oxygen atoms in total. The van der Waals surface area contributed by atoms with Crippen molar-refractivity contribution in [1.29, 1.82) is 0 Å². The first-order chi connectivity index (χ1) is 9.63. The van der Waals surface area contributed by atoms with E-state index in [-0.39, 0.29) is 17.7 Å². The average molecular weight is 274 g/mol. The quantitative estimate of drug-likeness (QED) is 0.878. The number of rotatable bonds is 4. The van der Waals surface area contributed by atoms with E-state index in [0.717, 1.165) is 24.8 Å². The zero-order valence-corrected chi connectivity index (χ0v) is 12.1. The van der Waals surface area contributed by atoms with Crippen LogP contribution in [0, 0.1) is 0 Å². The third-order valence-electron chi connectivity index (χ3n) is 3.79. The Kier molecular flexibility index (Phi) is 4.77. The Hall–Kier alpha value is -1.84. The molecule has 2 atom stereocenters. The molecule has 2 rings (SSSR count). The minimum atomic E-state index is -0.489. The average Bonchev–Trinajstić information content (AvgIpc) is 2.46. The first-order valence-electron chi connectivity index (χ1n) is 7.29. The van der Waals surface area contributed by atoms with E-state index in [1.807, 2.05) is 25.1 Å². The fraction of sp³-hybridized carbons (Fsp3) is 0.500. The zero-order chi connectivity index (χ0) is 14.5. The second-order valence-electron chi connectivity index (χ2n) is 5.27. The van der Waals surface area contributed by atoms with E-state index in [9.17, 15) is 9.59 Å². The van der Waals surface area contributed by atoms with Crippen LogP contribution in [0.2, 0.25) is 0 Å². The lowest BCUT2D eigenvalue weighted by Gasteiger charge is -2.26. The summed E-state index contributed by atoms with van der Waals surface area (Å²) in [5.74, 6) is -0.308. The number of likely N-dealkylation sites (N-methyl/N-ethyl adjacent to an activating group) is 1. The van der Waals surface area contributed by atoms with Crippen molar-refractivity contribution in [3.05, 3.63) is 35.4 Å². The number of benzene rings is 1. The van der Waals surface area contributed by atoms with E-state index < -0.39 is 6.04 Å². The monoisotopic (exact) mass is 274 g/mol. The predicted octanol–water partition coefficient (Wildman–Crippen LogP) is 1.75. The van der Waals surface area contributed by atoms with E-state index in [0.29, 0.717) is 6.54 Å². The van der Waals surface area contributed by atoms with Gasteiger partial charge in [0.25, 0.3) is 0 Å². The van der Waals surface area contributed by atoms with Gasteiger partial charge in [-0.2, -0.15) is 0 Å². The molecule has 0 aliphatic heterocycles. The molecular weight excluding hydrogens is 252 g/mol. The highest BCUT2D eigenvalue weighted by molar-refractivity contribution is 5.90. The number of fused-ring (bicyclic) bond motifs is 1. The summed E-state index contributed by atoms with van der Waals surface area (Å²) in [6.07, 6.45) is 2.90. The number of aryl methyl sites for hydroxylation is 1. The summed E-state index contributed by atoms with van der Waals surface area (Å²) >= 11 is 0. The van der Waals surface area contributed by atoms with Gasteiger partial charge in [-0.25, -0.2) is 0 Å². The summed E-state index contributed by atoms with van der Waals surface area (Å²) in [7, 11) is 0. The summed E-state index contributed by atoms with van der Waals surface area (Å²) in [4.78, 5) is 24.1. The molecule has 0 saturated heterocycles. The van der Waals surface area contributed by atoms with Crippen LogP contribution in [0.1, 0.15) is 43.7 Å². The molecule has 4 heteroatoms. The molecule has 2 N–H and O–H groups in total. The highest BCUT2D eigenvalue weighted by Gasteiger charge is 2.27. The highest BCUT2D eigenvalue weighted by atomic mass is 16.2. The van der Waals surface area contributed by atoms with Crippen LogP contribution in [0.25, 0.3) is 0 Å². The van der Waals surface area contributed by atoms with Gasteiger partial charge in [0.1, 0.15) is 6.04 Å². The third kappa shape index (κ3) is 3.18. The zero-order valence-electron chi connectivity index (χ0n) is 12.1. The molecule has 0 saturated carbocycles. The Morgan fingerprint density at radius 2 is 2.10 bits per heavy atom. The van der Waals surface area contributed by atoms with Gasteiger partial charge in [0.05, 0.1) is 5.92 Å². The Labute approximate surface area is 119 Å². The van der Waals surface area contributed by atoms with E-state index in [4.69, 9.17) is 0 Å². The van der Waals surface area contributed by atoms with Gasteiger partial charge >= 0.3 is 0 Å². The molecule has 1 aromatic carbocycles. The molecule has 0 heterocycles. The summed E-state index contributed by atoms with van der Waals surface area (Å²) in [6, 6.07) is 7.60. The van der Waals surface area contributed by atoms with Gasteiger partial charge in [-0.3, -0.25) is 9.59 Å². The predicted molar refractivity (Wildman–Crippen MR) is 78.4 cm³/mol. The van der Waals surface area contributed by atoms with Crippen molar-refractivity contribution in [1.82, 2.24) is 10.6 Å². The van der Waals surface area contributed by atoms with Gasteiger partial charge < -0.3 is 10.6 Å². The van der Waals surface area contributed by atoms with Crippen LogP contribution in [-0.2, 0) is 16.0 Å². The lowest BCUT2D eigenvalue weighted by Crippen LogP contribution is -2.46. The smallest absolute Gasteiger partial charge is 0.242 e. The molecule has 1 aliphatic rings. The molecule has 0 aromatic heterocycles. The number of carbonyl (C=O) groups is 2. The van der Waals surface area contributed by atoms with Crippen molar-refractivity contribution in [2.24, 2.45) is 0 Å². The molecule has 0 bridgehead atoms. The second kappa shape index (κ2) is 6.55. The summed E-state index contributed by atoms with van der Waals surface area (Å²) < 4.78 is 0. The second-order valence-corrected chi connectivity index (χ2v) is 5.27. The first-order valence-corrected chi connectivity index (χ1v) is 7.29. The van der Waals surface area contributed by atoms with Crippen molar-refractivity contribution in [3.8, 4) is 0 Å². The van der Waals surface area contributed by atoms with Gasteiger partial charge in [0.15, 0.2) is 0 Å². The molecule has 0 fully saturated rings. The molecule has 1 aliphatic carbocycles. The summed E-state index contributed by atoms with van der Waals surface area (Å²) in [6.45, 7) is 4.16. The third-order valence-corrected chi connectivity index (χ3v) is 3.79. The van der Waals surface area contributed by atoms with Crippen molar-refractivity contribution < 1.29 is 9.59 Å². The highest BCUT2D eigenvalue weighted by Crippen LogP contribution is 2.31. The van der Waals surface area contributed by atoms with E-state index >= 15 is 0 Å². The maximum Gasteiger partial charge on any atom is 0.242 e. The van der Waals surface area contributed by atoms with Gasteiger partial charge in [-0.15, -0.1) is 0 Å². The van der Waals surface area contributed by atoms with Crippen LogP contribution in [0.5, 0.6) is 0 Å². The molecule has 108 valence electrons. The Morgan fingerprint density at radius 1 is 1.35 bits per heavy atom. The normalized spacial score (nSPS) is 18.8.